The first kappa shape index (κ1) is 16.6. The van der Waals surface area contributed by atoms with Crippen molar-refractivity contribution in [1.82, 2.24) is 0 Å². The number of rotatable bonds is 2. The van der Waals surface area contributed by atoms with E-state index in [1.807, 2.05) is 62.4 Å². The van der Waals surface area contributed by atoms with Crippen LogP contribution in [0.25, 0.3) is 54.2 Å². The van der Waals surface area contributed by atoms with Gasteiger partial charge in [0.25, 0.3) is 0 Å². The molecule has 0 aliphatic carbocycles. The summed E-state index contributed by atoms with van der Waals surface area (Å²) < 4.78 is 0. The van der Waals surface area contributed by atoms with Crippen molar-refractivity contribution in [2.45, 2.75) is 13.8 Å². The summed E-state index contributed by atoms with van der Waals surface area (Å²) in [5.74, 6) is 0. The van der Waals surface area contributed by atoms with Crippen LogP contribution in [0.2, 0.25) is 0 Å². The van der Waals surface area contributed by atoms with Crippen LogP contribution in [0.1, 0.15) is 25.0 Å². The maximum atomic E-state index is 13.1. The van der Waals surface area contributed by atoms with E-state index in [0.29, 0.717) is 21.5 Å². The zero-order chi connectivity index (χ0) is 19.7. The van der Waals surface area contributed by atoms with Crippen molar-refractivity contribution in [2.75, 3.05) is 0 Å². The lowest BCUT2D eigenvalue weighted by Crippen LogP contribution is -1.95. The molecular weight excluding hydrogens is 344 g/mol. The van der Waals surface area contributed by atoms with Crippen molar-refractivity contribution in [3.8, 4) is 0 Å². The third-order valence-corrected chi connectivity index (χ3v) is 5.74. The number of allylic oxidation sites excluding steroid dienone is 2. The zero-order valence-corrected chi connectivity index (χ0v) is 15.8. The summed E-state index contributed by atoms with van der Waals surface area (Å²) >= 11 is 0. The smallest absolute Gasteiger partial charge is 0.194 e. The molecule has 0 N–H and O–H groups in total. The molecular formula is C26H18O2. The van der Waals surface area contributed by atoms with Gasteiger partial charge in [0.1, 0.15) is 0 Å². The molecule has 0 saturated carbocycles. The molecule has 0 fully saturated rings. The second-order valence-corrected chi connectivity index (χ2v) is 7.68. The number of benzene rings is 3. The highest BCUT2D eigenvalue weighted by Crippen LogP contribution is 2.33. The van der Waals surface area contributed by atoms with Gasteiger partial charge in [-0.05, 0) is 70.8 Å². The summed E-state index contributed by atoms with van der Waals surface area (Å²) in [7, 11) is 0. The maximum Gasteiger partial charge on any atom is 0.194 e. The molecule has 0 radical (unpaired) electrons. The fraction of sp³-hybridized carbons (Fsp3) is 0.0769. The van der Waals surface area contributed by atoms with Gasteiger partial charge in [0.15, 0.2) is 10.9 Å². The van der Waals surface area contributed by atoms with E-state index in [-0.39, 0.29) is 10.9 Å². The van der Waals surface area contributed by atoms with Crippen molar-refractivity contribution >= 4 is 54.2 Å². The number of hydrogen-bond acceptors (Lipinski definition) is 2. The minimum Gasteiger partial charge on any atom is -0.289 e. The molecule has 0 heterocycles. The van der Waals surface area contributed by atoms with Gasteiger partial charge in [0.05, 0.1) is 0 Å². The van der Waals surface area contributed by atoms with Crippen LogP contribution >= 0.6 is 0 Å². The van der Waals surface area contributed by atoms with E-state index in [0.717, 1.165) is 43.8 Å². The molecule has 5 rings (SSSR count). The van der Waals surface area contributed by atoms with E-state index in [9.17, 15) is 9.59 Å². The van der Waals surface area contributed by atoms with Gasteiger partial charge in [0.2, 0.25) is 0 Å². The normalized spacial score (nSPS) is 11.8. The lowest BCUT2D eigenvalue weighted by atomic mass is 10.0. The molecule has 0 aliphatic rings. The molecule has 2 heteroatoms. The van der Waals surface area contributed by atoms with E-state index in [1.165, 1.54) is 0 Å². The fourth-order valence-corrected chi connectivity index (χ4v) is 4.18. The maximum absolute atomic E-state index is 13.1. The predicted molar refractivity (Wildman–Crippen MR) is 121 cm³/mol. The number of hydrogen-bond donors (Lipinski definition) is 0. The minimum atomic E-state index is 0.00959. The topological polar surface area (TPSA) is 34.1 Å². The van der Waals surface area contributed by atoms with E-state index in [2.05, 4.69) is 13.2 Å². The summed E-state index contributed by atoms with van der Waals surface area (Å²) in [6, 6.07) is 15.5. The highest BCUT2D eigenvalue weighted by atomic mass is 16.1. The van der Waals surface area contributed by atoms with Crippen LogP contribution in [0.15, 0.2) is 71.3 Å². The first-order chi connectivity index (χ1) is 13.4. The zero-order valence-electron chi connectivity index (χ0n) is 15.8. The molecule has 0 atom stereocenters. The molecule has 0 aromatic heterocycles. The van der Waals surface area contributed by atoms with Gasteiger partial charge in [-0.3, -0.25) is 9.59 Å². The number of fused-ring (bicyclic) bond motifs is 6. The molecule has 28 heavy (non-hydrogen) atoms. The molecule has 0 unspecified atom stereocenters. The lowest BCUT2D eigenvalue weighted by molar-refractivity contribution is 1.63. The van der Waals surface area contributed by atoms with Gasteiger partial charge < -0.3 is 0 Å². The highest BCUT2D eigenvalue weighted by Gasteiger charge is 2.17. The van der Waals surface area contributed by atoms with Crippen LogP contribution in [0.5, 0.6) is 0 Å². The van der Waals surface area contributed by atoms with Crippen LogP contribution in [0, 0.1) is 0 Å². The van der Waals surface area contributed by atoms with E-state index in [1.54, 1.807) is 0 Å². The van der Waals surface area contributed by atoms with Crippen molar-refractivity contribution in [3.05, 3.63) is 93.3 Å². The molecule has 0 spiro atoms. The minimum absolute atomic E-state index is 0.00959. The average Bonchev–Trinajstić information content (AvgIpc) is 3.12. The fourth-order valence-electron chi connectivity index (χ4n) is 4.18. The van der Waals surface area contributed by atoms with Crippen LogP contribution in [0.3, 0.4) is 0 Å². The Balaban J connectivity index is 1.95. The first-order valence-corrected chi connectivity index (χ1v) is 9.25. The molecule has 0 saturated heterocycles. The van der Waals surface area contributed by atoms with Crippen LogP contribution in [0.4, 0.5) is 0 Å². The van der Waals surface area contributed by atoms with Gasteiger partial charge in [-0.25, -0.2) is 0 Å². The lowest BCUT2D eigenvalue weighted by Gasteiger charge is -2.00. The summed E-state index contributed by atoms with van der Waals surface area (Å²) in [6.07, 6.45) is 0. The SMILES string of the molecule is C=C(C)c1ccc2c(c1)c(=O)c1cc3c(cc12)c(=O)c1cc(C(=C)C)ccc13. The Morgan fingerprint density at radius 3 is 1.25 bits per heavy atom. The van der Waals surface area contributed by atoms with Gasteiger partial charge >= 0.3 is 0 Å². The first-order valence-electron chi connectivity index (χ1n) is 9.25. The Labute approximate surface area is 161 Å². The summed E-state index contributed by atoms with van der Waals surface area (Å²) in [6.45, 7) is 11.8. The van der Waals surface area contributed by atoms with E-state index >= 15 is 0 Å². The second-order valence-electron chi connectivity index (χ2n) is 7.68. The molecule has 134 valence electrons. The van der Waals surface area contributed by atoms with Gasteiger partial charge in [-0.2, -0.15) is 0 Å². The Morgan fingerprint density at radius 1 is 0.536 bits per heavy atom. The third kappa shape index (κ3) is 2.09. The molecule has 0 amide bonds. The quantitative estimate of drug-likeness (QED) is 0.388. The molecule has 0 bridgehead atoms. The third-order valence-electron chi connectivity index (χ3n) is 5.74. The Kier molecular flexibility index (Phi) is 3.26. The molecule has 5 aromatic carbocycles. The van der Waals surface area contributed by atoms with Crippen molar-refractivity contribution in [3.63, 3.8) is 0 Å². The molecule has 0 aliphatic heterocycles. The largest absolute Gasteiger partial charge is 0.289 e. The van der Waals surface area contributed by atoms with Gasteiger partial charge in [-0.1, -0.05) is 48.6 Å². The van der Waals surface area contributed by atoms with Crippen molar-refractivity contribution < 1.29 is 0 Å². The second kappa shape index (κ2) is 5.49. The predicted octanol–water partition coefficient (Wildman–Crippen LogP) is 5.96. The van der Waals surface area contributed by atoms with Gasteiger partial charge in [-0.15, -0.1) is 0 Å². The van der Waals surface area contributed by atoms with Crippen molar-refractivity contribution in [1.29, 1.82) is 0 Å². The molecule has 5 aromatic rings. The van der Waals surface area contributed by atoms with Crippen molar-refractivity contribution in [2.24, 2.45) is 0 Å². The van der Waals surface area contributed by atoms with Crippen LogP contribution in [-0.4, -0.2) is 0 Å². The Morgan fingerprint density at radius 2 is 0.893 bits per heavy atom. The van der Waals surface area contributed by atoms with Gasteiger partial charge in [0, 0.05) is 21.5 Å². The molecule has 2 nitrogen and oxygen atoms in total. The van der Waals surface area contributed by atoms with E-state index in [4.69, 9.17) is 0 Å². The standard InChI is InChI=1S/C26H18O2/c1-13(2)15-5-7-17-19-11-24-20(12-23(19)25(27)21(17)9-15)18-8-6-16(14(3)4)10-22(18)26(24)28/h5-12H,1,3H2,2,4H3. The summed E-state index contributed by atoms with van der Waals surface area (Å²) in [4.78, 5) is 26.1. The average molecular weight is 362 g/mol. The summed E-state index contributed by atoms with van der Waals surface area (Å²) in [5, 5.41) is 6.16. The van der Waals surface area contributed by atoms with Crippen LogP contribution < -0.4 is 10.9 Å². The van der Waals surface area contributed by atoms with E-state index < -0.39 is 0 Å². The monoisotopic (exact) mass is 362 g/mol. The Hall–Kier alpha value is -3.52. The highest BCUT2D eigenvalue weighted by molar-refractivity contribution is 6.21. The Bertz CT molecular complexity index is 1470. The summed E-state index contributed by atoms with van der Waals surface area (Å²) in [5.41, 5.74) is 3.78. The van der Waals surface area contributed by atoms with Crippen LogP contribution in [-0.2, 0) is 0 Å².